The van der Waals surface area contributed by atoms with Gasteiger partial charge >= 0.3 is 0 Å². The van der Waals surface area contributed by atoms with Crippen molar-refractivity contribution < 1.29 is 9.53 Å². The van der Waals surface area contributed by atoms with Gasteiger partial charge in [-0.2, -0.15) is 5.10 Å². The van der Waals surface area contributed by atoms with Gasteiger partial charge in [0.05, 0.1) is 24.2 Å². The van der Waals surface area contributed by atoms with Gasteiger partial charge in [0.15, 0.2) is 0 Å². The Balaban J connectivity index is 1.44. The number of fused-ring (bicyclic) bond motifs is 1. The summed E-state index contributed by atoms with van der Waals surface area (Å²) < 4.78 is 7.71. The number of hydrogen-bond acceptors (Lipinski definition) is 4. The number of nitrogens with zero attached hydrogens (tertiary/aromatic N) is 3. The van der Waals surface area contributed by atoms with Gasteiger partial charge in [0.2, 0.25) is 5.91 Å². The van der Waals surface area contributed by atoms with Gasteiger partial charge in [-0.05, 0) is 24.1 Å². The van der Waals surface area contributed by atoms with E-state index in [2.05, 4.69) is 20.5 Å². The number of hydrogen-bond donors (Lipinski definition) is 2. The Morgan fingerprint density at radius 3 is 3.25 bits per heavy atom. The zero-order chi connectivity index (χ0) is 16.5. The largest absolute Gasteiger partial charge is 0.368 e. The molecule has 7 heteroatoms. The van der Waals surface area contributed by atoms with Crippen molar-refractivity contribution in [2.24, 2.45) is 7.05 Å². The van der Waals surface area contributed by atoms with Crippen LogP contribution in [-0.2, 0) is 23.0 Å². The van der Waals surface area contributed by atoms with Crippen LogP contribution in [0.3, 0.4) is 0 Å². The van der Waals surface area contributed by atoms with Crippen molar-refractivity contribution in [3.8, 4) is 0 Å². The first kappa shape index (κ1) is 14.9. The molecule has 2 atom stereocenters. The first-order valence-electron chi connectivity index (χ1n) is 8.01. The standard InChI is InChI=1S/C17H19N5O2/c1-22-6-5-18-17(22)16-14(4-7-24-16)20-15(23)9-11-2-3-13-12(8-11)10-19-21-13/h2-3,5-6,8,10,14,16H,4,7,9H2,1H3,(H,19,21)(H,20,23)/t14-,16-/m0/s1. The van der Waals surface area contributed by atoms with Gasteiger partial charge in [-0.25, -0.2) is 4.98 Å². The SMILES string of the molecule is Cn1ccnc1[C@H]1OCC[C@@H]1NC(=O)Cc1ccc2[nH]ncc2c1. The normalized spacial score (nSPS) is 20.5. The predicted octanol–water partition coefficient (Wildman–Crippen LogP) is 1.49. The quantitative estimate of drug-likeness (QED) is 0.761. The van der Waals surface area contributed by atoms with E-state index in [0.29, 0.717) is 13.0 Å². The lowest BCUT2D eigenvalue weighted by molar-refractivity contribution is -0.121. The zero-order valence-corrected chi connectivity index (χ0v) is 13.4. The van der Waals surface area contributed by atoms with Crippen LogP contribution in [0, 0.1) is 0 Å². The number of ether oxygens (including phenoxy) is 1. The van der Waals surface area contributed by atoms with Crippen molar-refractivity contribution in [3.63, 3.8) is 0 Å². The highest BCUT2D eigenvalue weighted by molar-refractivity contribution is 5.83. The fraction of sp³-hybridized carbons (Fsp3) is 0.353. The second kappa shape index (κ2) is 6.09. The summed E-state index contributed by atoms with van der Waals surface area (Å²) in [6.45, 7) is 0.628. The van der Waals surface area contributed by atoms with Crippen LogP contribution >= 0.6 is 0 Å². The van der Waals surface area contributed by atoms with E-state index in [0.717, 1.165) is 28.7 Å². The third-order valence-corrected chi connectivity index (χ3v) is 4.42. The molecule has 0 bridgehead atoms. The van der Waals surface area contributed by atoms with E-state index in [1.54, 1.807) is 12.4 Å². The maximum Gasteiger partial charge on any atom is 0.224 e. The van der Waals surface area contributed by atoms with Crippen LogP contribution in [-0.4, -0.2) is 38.3 Å². The predicted molar refractivity (Wildman–Crippen MR) is 88.2 cm³/mol. The number of benzene rings is 1. The van der Waals surface area contributed by atoms with E-state index in [1.165, 1.54) is 0 Å². The fourth-order valence-corrected chi connectivity index (χ4v) is 3.19. The highest BCUT2D eigenvalue weighted by Crippen LogP contribution is 2.27. The van der Waals surface area contributed by atoms with E-state index < -0.39 is 0 Å². The number of carbonyl (C=O) groups is 1. The molecular formula is C17H19N5O2. The van der Waals surface area contributed by atoms with Crippen LogP contribution in [0.15, 0.2) is 36.8 Å². The third kappa shape index (κ3) is 2.78. The lowest BCUT2D eigenvalue weighted by Crippen LogP contribution is -2.38. The Morgan fingerprint density at radius 2 is 2.42 bits per heavy atom. The van der Waals surface area contributed by atoms with Crippen molar-refractivity contribution >= 4 is 16.8 Å². The molecule has 0 aliphatic carbocycles. The molecule has 0 spiro atoms. The average molecular weight is 325 g/mol. The molecule has 0 radical (unpaired) electrons. The lowest BCUT2D eigenvalue weighted by atomic mass is 10.1. The molecule has 1 fully saturated rings. The van der Waals surface area contributed by atoms with Gasteiger partial charge in [0.25, 0.3) is 0 Å². The minimum absolute atomic E-state index is 0.00689. The molecule has 124 valence electrons. The number of aromatic nitrogens is 4. The first-order valence-corrected chi connectivity index (χ1v) is 8.01. The number of imidazole rings is 1. The summed E-state index contributed by atoms with van der Waals surface area (Å²) in [4.78, 5) is 16.8. The molecular weight excluding hydrogens is 306 g/mol. The summed E-state index contributed by atoms with van der Waals surface area (Å²) in [5, 5.41) is 11.0. The number of aromatic amines is 1. The smallest absolute Gasteiger partial charge is 0.224 e. The van der Waals surface area contributed by atoms with Gasteiger partial charge in [-0.15, -0.1) is 0 Å². The Labute approximate surface area is 139 Å². The summed E-state index contributed by atoms with van der Waals surface area (Å²) >= 11 is 0. The van der Waals surface area contributed by atoms with E-state index in [-0.39, 0.29) is 18.1 Å². The molecule has 24 heavy (non-hydrogen) atoms. The van der Waals surface area contributed by atoms with Gasteiger partial charge < -0.3 is 14.6 Å². The summed E-state index contributed by atoms with van der Waals surface area (Å²) in [5.41, 5.74) is 1.94. The molecule has 1 aromatic carbocycles. The topological polar surface area (TPSA) is 84.8 Å². The van der Waals surface area contributed by atoms with Gasteiger partial charge in [-0.3, -0.25) is 9.89 Å². The molecule has 2 aromatic heterocycles. The molecule has 1 saturated heterocycles. The van der Waals surface area contributed by atoms with Crippen LogP contribution < -0.4 is 5.32 Å². The van der Waals surface area contributed by atoms with Crippen LogP contribution in [0.2, 0.25) is 0 Å². The summed E-state index contributed by atoms with van der Waals surface area (Å²) in [6.07, 6.45) is 6.34. The second-order valence-electron chi connectivity index (χ2n) is 6.12. The van der Waals surface area contributed by atoms with Gasteiger partial charge in [0, 0.05) is 31.4 Å². The fourth-order valence-electron chi connectivity index (χ4n) is 3.19. The monoisotopic (exact) mass is 325 g/mol. The van der Waals surface area contributed by atoms with Gasteiger partial charge in [-0.1, -0.05) is 6.07 Å². The molecule has 1 amide bonds. The van der Waals surface area contributed by atoms with E-state index >= 15 is 0 Å². The molecule has 1 aliphatic heterocycles. The Kier molecular flexibility index (Phi) is 3.78. The minimum atomic E-state index is -0.190. The van der Waals surface area contributed by atoms with Crippen molar-refractivity contribution in [3.05, 3.63) is 48.2 Å². The summed E-state index contributed by atoms with van der Waals surface area (Å²) in [5.74, 6) is 0.838. The van der Waals surface area contributed by atoms with Gasteiger partial charge in [0.1, 0.15) is 11.9 Å². The maximum absolute atomic E-state index is 12.4. The highest BCUT2D eigenvalue weighted by Gasteiger charge is 2.33. The lowest BCUT2D eigenvalue weighted by Gasteiger charge is -2.19. The third-order valence-electron chi connectivity index (χ3n) is 4.42. The van der Waals surface area contributed by atoms with Crippen molar-refractivity contribution in [1.29, 1.82) is 0 Å². The molecule has 1 aliphatic rings. The number of amides is 1. The molecule has 3 heterocycles. The molecule has 3 aromatic rings. The summed E-state index contributed by atoms with van der Waals surface area (Å²) in [6, 6.07) is 5.83. The molecule has 2 N–H and O–H groups in total. The minimum Gasteiger partial charge on any atom is -0.368 e. The van der Waals surface area contributed by atoms with Crippen LogP contribution in [0.4, 0.5) is 0 Å². The highest BCUT2D eigenvalue weighted by atomic mass is 16.5. The van der Waals surface area contributed by atoms with E-state index in [4.69, 9.17) is 4.74 Å². The second-order valence-corrected chi connectivity index (χ2v) is 6.12. The average Bonchev–Trinajstić information content (AvgIpc) is 3.27. The number of nitrogens with one attached hydrogen (secondary N) is 2. The molecule has 4 rings (SSSR count). The number of rotatable bonds is 4. The van der Waals surface area contributed by atoms with E-state index in [1.807, 2.05) is 36.0 Å². The Bertz CT molecular complexity index is 869. The van der Waals surface area contributed by atoms with Crippen LogP contribution in [0.1, 0.15) is 23.9 Å². The Morgan fingerprint density at radius 1 is 1.50 bits per heavy atom. The van der Waals surface area contributed by atoms with Crippen molar-refractivity contribution in [1.82, 2.24) is 25.1 Å². The molecule has 7 nitrogen and oxygen atoms in total. The number of aryl methyl sites for hydroxylation is 1. The first-order chi connectivity index (χ1) is 11.7. The summed E-state index contributed by atoms with van der Waals surface area (Å²) in [7, 11) is 1.93. The molecule has 0 unspecified atom stereocenters. The van der Waals surface area contributed by atoms with Crippen molar-refractivity contribution in [2.45, 2.75) is 25.0 Å². The Hall–Kier alpha value is -2.67. The van der Waals surface area contributed by atoms with Crippen molar-refractivity contribution in [2.75, 3.05) is 6.61 Å². The number of carbonyl (C=O) groups excluding carboxylic acids is 1. The van der Waals surface area contributed by atoms with Crippen LogP contribution in [0.25, 0.3) is 10.9 Å². The molecule has 0 saturated carbocycles. The number of H-pyrrole nitrogens is 1. The van der Waals surface area contributed by atoms with Crippen LogP contribution in [0.5, 0.6) is 0 Å². The van der Waals surface area contributed by atoms with E-state index in [9.17, 15) is 4.79 Å². The zero-order valence-electron chi connectivity index (χ0n) is 13.4. The maximum atomic E-state index is 12.4.